The molecule has 0 atom stereocenters. The third kappa shape index (κ3) is 4.82. The summed E-state index contributed by atoms with van der Waals surface area (Å²) in [6.45, 7) is 4.72. The summed E-state index contributed by atoms with van der Waals surface area (Å²) in [5, 5.41) is 2.84. The first kappa shape index (κ1) is 22.6. The summed E-state index contributed by atoms with van der Waals surface area (Å²) >= 11 is 0. The van der Waals surface area contributed by atoms with Crippen LogP contribution in [0.2, 0.25) is 0 Å². The van der Waals surface area contributed by atoms with Crippen molar-refractivity contribution in [3.8, 4) is 11.5 Å². The van der Waals surface area contributed by atoms with Gasteiger partial charge in [0.25, 0.3) is 15.9 Å². The van der Waals surface area contributed by atoms with Gasteiger partial charge in [-0.05, 0) is 55.7 Å². The van der Waals surface area contributed by atoms with Crippen LogP contribution in [0.15, 0.2) is 45.7 Å². The molecule has 0 bridgehead atoms. The SMILES string of the molecule is CCCN1C(C)=NS(=O)(=O)c2cc(C(=O)NCCc3ccc(OC)c(OC)c3)ccc21. The smallest absolute Gasteiger partial charge is 0.286 e. The van der Waals surface area contributed by atoms with Crippen LogP contribution in [-0.2, 0) is 16.4 Å². The predicted molar refractivity (Wildman–Crippen MR) is 120 cm³/mol. The molecule has 1 heterocycles. The van der Waals surface area contributed by atoms with E-state index < -0.39 is 10.0 Å². The van der Waals surface area contributed by atoms with Gasteiger partial charge in [-0.3, -0.25) is 4.79 Å². The summed E-state index contributed by atoms with van der Waals surface area (Å²) in [6.07, 6.45) is 1.42. The minimum atomic E-state index is -3.84. The molecule has 0 aromatic heterocycles. The van der Waals surface area contributed by atoms with Crippen molar-refractivity contribution in [1.82, 2.24) is 5.32 Å². The van der Waals surface area contributed by atoms with Crippen LogP contribution in [0.1, 0.15) is 36.2 Å². The van der Waals surface area contributed by atoms with Crippen molar-refractivity contribution in [1.29, 1.82) is 0 Å². The van der Waals surface area contributed by atoms with Gasteiger partial charge in [0.1, 0.15) is 10.7 Å². The van der Waals surface area contributed by atoms with E-state index in [0.29, 0.717) is 42.5 Å². The number of rotatable bonds is 8. The molecule has 9 heteroatoms. The van der Waals surface area contributed by atoms with E-state index in [2.05, 4.69) is 9.71 Å². The molecule has 0 saturated carbocycles. The number of carbonyl (C=O) groups is 1. The Hall–Kier alpha value is -3.07. The fraction of sp³-hybridized carbons (Fsp3) is 0.364. The molecule has 1 N–H and O–H groups in total. The van der Waals surface area contributed by atoms with Crippen molar-refractivity contribution in [2.75, 3.05) is 32.2 Å². The number of fused-ring (bicyclic) bond motifs is 1. The molecule has 1 aliphatic rings. The molecule has 0 fully saturated rings. The second-order valence-corrected chi connectivity index (χ2v) is 8.72. The van der Waals surface area contributed by atoms with Crippen LogP contribution >= 0.6 is 0 Å². The summed E-state index contributed by atoms with van der Waals surface area (Å²) in [4.78, 5) is 14.5. The van der Waals surface area contributed by atoms with Crippen molar-refractivity contribution in [3.63, 3.8) is 0 Å². The Balaban J connectivity index is 1.73. The number of hydrogen-bond acceptors (Lipinski definition) is 6. The first-order valence-corrected chi connectivity index (χ1v) is 11.5. The van der Waals surface area contributed by atoms with E-state index in [1.807, 2.05) is 30.0 Å². The van der Waals surface area contributed by atoms with Gasteiger partial charge in [-0.2, -0.15) is 8.42 Å². The zero-order chi connectivity index (χ0) is 22.6. The number of amides is 1. The van der Waals surface area contributed by atoms with E-state index in [1.165, 1.54) is 6.07 Å². The van der Waals surface area contributed by atoms with Gasteiger partial charge in [0, 0.05) is 18.7 Å². The van der Waals surface area contributed by atoms with E-state index in [9.17, 15) is 13.2 Å². The molecular weight excluding hydrogens is 418 g/mol. The predicted octanol–water partition coefficient (Wildman–Crippen LogP) is 3.01. The number of sulfonamides is 1. The quantitative estimate of drug-likeness (QED) is 0.671. The van der Waals surface area contributed by atoms with Gasteiger partial charge in [0.05, 0.1) is 19.9 Å². The summed E-state index contributed by atoms with van der Waals surface area (Å²) in [5.41, 5.74) is 1.81. The molecule has 1 aliphatic heterocycles. The average molecular weight is 446 g/mol. The van der Waals surface area contributed by atoms with Crippen LogP contribution < -0.4 is 19.7 Å². The number of carbonyl (C=O) groups excluding carboxylic acids is 1. The van der Waals surface area contributed by atoms with Crippen LogP contribution in [0.3, 0.4) is 0 Å². The molecule has 0 spiro atoms. The molecule has 0 saturated heterocycles. The number of nitrogens with one attached hydrogen (secondary N) is 1. The molecule has 0 unspecified atom stereocenters. The van der Waals surface area contributed by atoms with Crippen LogP contribution in [0.4, 0.5) is 5.69 Å². The van der Waals surface area contributed by atoms with E-state index in [-0.39, 0.29) is 16.4 Å². The Morgan fingerprint density at radius 1 is 1.10 bits per heavy atom. The summed E-state index contributed by atoms with van der Waals surface area (Å²) in [6, 6.07) is 10.3. The molecular formula is C22H27N3O5S. The fourth-order valence-corrected chi connectivity index (χ4v) is 4.76. The van der Waals surface area contributed by atoms with Crippen molar-refractivity contribution < 1.29 is 22.7 Å². The van der Waals surface area contributed by atoms with Crippen LogP contribution in [-0.4, -0.2) is 47.5 Å². The first-order valence-electron chi connectivity index (χ1n) is 10.0. The Kier molecular flexibility index (Phi) is 6.84. The molecule has 2 aromatic carbocycles. The molecule has 0 radical (unpaired) electrons. The van der Waals surface area contributed by atoms with Crippen molar-refractivity contribution in [3.05, 3.63) is 47.5 Å². The number of anilines is 1. The summed E-state index contributed by atoms with van der Waals surface area (Å²) in [7, 11) is -0.692. The molecule has 166 valence electrons. The van der Waals surface area contributed by atoms with Gasteiger partial charge < -0.3 is 19.7 Å². The lowest BCUT2D eigenvalue weighted by molar-refractivity contribution is 0.0954. The van der Waals surface area contributed by atoms with Gasteiger partial charge in [0.2, 0.25) is 0 Å². The number of hydrogen-bond donors (Lipinski definition) is 1. The number of ether oxygens (including phenoxy) is 2. The second kappa shape index (κ2) is 9.38. The lowest BCUT2D eigenvalue weighted by Crippen LogP contribution is -2.35. The monoisotopic (exact) mass is 445 g/mol. The highest BCUT2D eigenvalue weighted by molar-refractivity contribution is 7.90. The molecule has 3 rings (SSSR count). The van der Waals surface area contributed by atoms with Crippen molar-refractivity contribution in [2.45, 2.75) is 31.6 Å². The Morgan fingerprint density at radius 3 is 2.52 bits per heavy atom. The largest absolute Gasteiger partial charge is 0.493 e. The minimum absolute atomic E-state index is 0.0547. The lowest BCUT2D eigenvalue weighted by Gasteiger charge is -2.29. The highest BCUT2D eigenvalue weighted by atomic mass is 32.2. The second-order valence-electron chi connectivity index (χ2n) is 7.14. The summed E-state index contributed by atoms with van der Waals surface area (Å²) < 4.78 is 39.5. The zero-order valence-corrected chi connectivity index (χ0v) is 19.0. The fourth-order valence-electron chi connectivity index (χ4n) is 3.50. The highest BCUT2D eigenvalue weighted by Gasteiger charge is 2.29. The number of amidine groups is 1. The molecule has 2 aromatic rings. The van der Waals surface area contributed by atoms with Gasteiger partial charge in [-0.25, -0.2) is 0 Å². The van der Waals surface area contributed by atoms with Crippen LogP contribution in [0, 0.1) is 0 Å². The number of nitrogens with zero attached hydrogens (tertiary/aromatic N) is 2. The molecule has 1 amide bonds. The average Bonchev–Trinajstić information content (AvgIpc) is 2.75. The Labute approximate surface area is 182 Å². The Morgan fingerprint density at radius 2 is 1.84 bits per heavy atom. The number of benzene rings is 2. The topological polar surface area (TPSA) is 97.3 Å². The third-order valence-corrected chi connectivity index (χ3v) is 6.42. The lowest BCUT2D eigenvalue weighted by atomic mass is 10.1. The van der Waals surface area contributed by atoms with Gasteiger partial charge in [-0.1, -0.05) is 13.0 Å². The van der Waals surface area contributed by atoms with Gasteiger partial charge in [0.15, 0.2) is 11.5 Å². The maximum Gasteiger partial charge on any atom is 0.286 e. The van der Waals surface area contributed by atoms with E-state index in [4.69, 9.17) is 9.47 Å². The Bertz CT molecular complexity index is 1110. The van der Waals surface area contributed by atoms with E-state index >= 15 is 0 Å². The van der Waals surface area contributed by atoms with Crippen LogP contribution in [0.25, 0.3) is 0 Å². The molecule has 8 nitrogen and oxygen atoms in total. The highest BCUT2D eigenvalue weighted by Crippen LogP contribution is 2.32. The first-order chi connectivity index (χ1) is 14.8. The normalized spacial score (nSPS) is 14.5. The summed E-state index contributed by atoms with van der Waals surface area (Å²) in [5.74, 6) is 1.35. The van der Waals surface area contributed by atoms with Crippen molar-refractivity contribution >= 4 is 27.5 Å². The van der Waals surface area contributed by atoms with Crippen molar-refractivity contribution in [2.24, 2.45) is 4.40 Å². The van der Waals surface area contributed by atoms with Gasteiger partial charge >= 0.3 is 0 Å². The maximum atomic E-state index is 12.6. The van der Waals surface area contributed by atoms with Gasteiger partial charge in [-0.15, -0.1) is 4.40 Å². The van der Waals surface area contributed by atoms with E-state index in [1.54, 1.807) is 33.3 Å². The number of methoxy groups -OCH3 is 2. The maximum absolute atomic E-state index is 12.6. The zero-order valence-electron chi connectivity index (χ0n) is 18.1. The minimum Gasteiger partial charge on any atom is -0.493 e. The third-order valence-electron chi connectivity index (χ3n) is 5.03. The standard InChI is InChI=1S/C22H27N3O5S/c1-5-12-25-15(2)24-31(27,28)21-14-17(7-8-18(21)25)22(26)23-11-10-16-6-9-19(29-3)20(13-16)30-4/h6-9,13-14H,5,10-12H2,1-4H3,(H,23,26). The molecule has 0 aliphatic carbocycles. The molecule has 31 heavy (non-hydrogen) atoms. The van der Waals surface area contributed by atoms with Crippen LogP contribution in [0.5, 0.6) is 11.5 Å². The van der Waals surface area contributed by atoms with E-state index in [0.717, 1.165) is 12.0 Å².